The van der Waals surface area contributed by atoms with E-state index in [4.69, 9.17) is 0 Å². The van der Waals surface area contributed by atoms with Crippen molar-refractivity contribution in [3.63, 3.8) is 0 Å². The zero-order valence-corrected chi connectivity index (χ0v) is 17.5. The van der Waals surface area contributed by atoms with Gasteiger partial charge in [0.2, 0.25) is 11.8 Å². The van der Waals surface area contributed by atoms with Gasteiger partial charge in [0.15, 0.2) is 0 Å². The first-order chi connectivity index (χ1) is 13.6. The van der Waals surface area contributed by atoms with Crippen LogP contribution in [0.1, 0.15) is 32.6 Å². The Kier molecular flexibility index (Phi) is 6.26. The first kappa shape index (κ1) is 19.8. The van der Waals surface area contributed by atoms with E-state index in [0.717, 1.165) is 24.5 Å². The highest BCUT2D eigenvalue weighted by Gasteiger charge is 2.47. The monoisotopic (exact) mass is 401 g/mol. The van der Waals surface area contributed by atoms with Gasteiger partial charge in [-0.25, -0.2) is 0 Å². The van der Waals surface area contributed by atoms with Crippen LogP contribution in [-0.2, 0) is 9.59 Å². The van der Waals surface area contributed by atoms with E-state index in [9.17, 15) is 9.59 Å². The van der Waals surface area contributed by atoms with E-state index in [1.807, 2.05) is 18.2 Å². The topological polar surface area (TPSA) is 52.7 Å². The molecule has 1 aromatic carbocycles. The summed E-state index contributed by atoms with van der Waals surface area (Å²) in [4.78, 5) is 30.4. The van der Waals surface area contributed by atoms with E-state index >= 15 is 0 Å². The molecule has 1 N–H and O–H groups in total. The molecule has 5 nitrogen and oxygen atoms in total. The second kappa shape index (κ2) is 8.87. The summed E-state index contributed by atoms with van der Waals surface area (Å²) in [6.45, 7) is 5.18. The number of thioether (sulfide) groups is 1. The molecule has 3 aliphatic heterocycles. The summed E-state index contributed by atoms with van der Waals surface area (Å²) < 4.78 is 0. The van der Waals surface area contributed by atoms with Gasteiger partial charge in [-0.15, -0.1) is 11.8 Å². The number of piperidine rings is 3. The van der Waals surface area contributed by atoms with Gasteiger partial charge < -0.3 is 10.2 Å². The summed E-state index contributed by atoms with van der Waals surface area (Å²) in [5, 5.41) is 3.05. The van der Waals surface area contributed by atoms with E-state index < -0.39 is 0 Å². The van der Waals surface area contributed by atoms with Gasteiger partial charge in [-0.05, 0) is 49.8 Å². The highest BCUT2D eigenvalue weighted by Crippen LogP contribution is 2.41. The number of benzene rings is 1. The molecule has 4 atom stereocenters. The minimum atomic E-state index is 0.0404. The molecular formula is C22H31N3O2S. The van der Waals surface area contributed by atoms with Gasteiger partial charge in [0.25, 0.3) is 0 Å². The van der Waals surface area contributed by atoms with Crippen molar-refractivity contribution in [2.24, 2.45) is 11.8 Å². The van der Waals surface area contributed by atoms with Crippen molar-refractivity contribution >= 4 is 23.6 Å². The third kappa shape index (κ3) is 4.38. The molecule has 4 rings (SSSR count). The Bertz CT molecular complexity index is 698. The molecule has 2 amide bonds. The maximum Gasteiger partial charge on any atom is 0.232 e. The van der Waals surface area contributed by atoms with Gasteiger partial charge in [-0.1, -0.05) is 24.6 Å². The molecular weight excluding hydrogens is 370 g/mol. The molecule has 3 fully saturated rings. The lowest BCUT2D eigenvalue weighted by molar-refractivity contribution is -0.138. The molecule has 1 aromatic rings. The summed E-state index contributed by atoms with van der Waals surface area (Å²) in [6.07, 6.45) is 4.96. The van der Waals surface area contributed by atoms with Crippen LogP contribution in [-0.4, -0.2) is 65.6 Å². The van der Waals surface area contributed by atoms with Crippen LogP contribution >= 0.6 is 11.8 Å². The molecule has 6 heteroatoms. The summed E-state index contributed by atoms with van der Waals surface area (Å²) in [6, 6.07) is 11.1. The maximum absolute atomic E-state index is 13.0. The number of carbonyl (C=O) groups is 2. The SMILES string of the molecule is CC(=O)NC[C@H]1[C@H]2C[C@H](CN(C(=O)CSc3ccccc3)C2)[C@@H]2CCCCN21. The van der Waals surface area contributed by atoms with Gasteiger partial charge >= 0.3 is 0 Å². The minimum Gasteiger partial charge on any atom is -0.355 e. The van der Waals surface area contributed by atoms with Gasteiger partial charge in [0, 0.05) is 43.5 Å². The van der Waals surface area contributed by atoms with E-state index in [2.05, 4.69) is 27.2 Å². The predicted octanol–water partition coefficient (Wildman–Crippen LogP) is 2.62. The van der Waals surface area contributed by atoms with Gasteiger partial charge in [-0.3, -0.25) is 14.5 Å². The Morgan fingerprint density at radius 1 is 1.14 bits per heavy atom. The number of carbonyl (C=O) groups excluding carboxylic acids is 2. The third-order valence-electron chi connectivity index (χ3n) is 6.64. The number of fused-ring (bicyclic) bond motifs is 4. The largest absolute Gasteiger partial charge is 0.355 e. The molecule has 2 bridgehead atoms. The first-order valence-electron chi connectivity index (χ1n) is 10.6. The van der Waals surface area contributed by atoms with Gasteiger partial charge in [0.1, 0.15) is 0 Å². The van der Waals surface area contributed by atoms with Crippen molar-refractivity contribution in [1.82, 2.24) is 15.1 Å². The van der Waals surface area contributed by atoms with E-state index in [-0.39, 0.29) is 11.8 Å². The van der Waals surface area contributed by atoms with Crippen LogP contribution in [0.2, 0.25) is 0 Å². The summed E-state index contributed by atoms with van der Waals surface area (Å²) >= 11 is 1.63. The van der Waals surface area contributed by atoms with Crippen molar-refractivity contribution in [3.05, 3.63) is 30.3 Å². The molecule has 0 saturated carbocycles. The number of nitrogens with one attached hydrogen (secondary N) is 1. The molecule has 0 radical (unpaired) electrons. The summed E-state index contributed by atoms with van der Waals surface area (Å²) in [5.41, 5.74) is 0. The minimum absolute atomic E-state index is 0.0404. The third-order valence-corrected chi connectivity index (χ3v) is 7.64. The Hall–Kier alpha value is -1.53. The lowest BCUT2D eigenvalue weighted by atomic mass is 9.72. The fourth-order valence-corrected chi connectivity index (χ4v) is 6.22. The highest BCUT2D eigenvalue weighted by atomic mass is 32.2. The van der Waals surface area contributed by atoms with Crippen LogP contribution in [0, 0.1) is 11.8 Å². The smallest absolute Gasteiger partial charge is 0.232 e. The van der Waals surface area contributed by atoms with Crippen LogP contribution in [0.5, 0.6) is 0 Å². The van der Waals surface area contributed by atoms with Crippen molar-refractivity contribution in [2.45, 2.75) is 49.6 Å². The van der Waals surface area contributed by atoms with Crippen molar-refractivity contribution in [1.29, 1.82) is 0 Å². The number of likely N-dealkylation sites (tertiary alicyclic amines) is 1. The Morgan fingerprint density at radius 2 is 1.93 bits per heavy atom. The van der Waals surface area contributed by atoms with E-state index in [1.165, 1.54) is 25.7 Å². The van der Waals surface area contributed by atoms with Crippen molar-refractivity contribution < 1.29 is 9.59 Å². The quantitative estimate of drug-likeness (QED) is 0.771. The first-order valence-corrected chi connectivity index (χ1v) is 11.6. The maximum atomic E-state index is 13.0. The number of hydrogen-bond donors (Lipinski definition) is 1. The summed E-state index contributed by atoms with van der Waals surface area (Å²) in [5.74, 6) is 1.85. The molecule has 0 aromatic heterocycles. The molecule has 0 unspecified atom stereocenters. The van der Waals surface area contributed by atoms with Crippen molar-refractivity contribution in [2.75, 3.05) is 31.9 Å². The highest BCUT2D eigenvalue weighted by molar-refractivity contribution is 8.00. The zero-order valence-electron chi connectivity index (χ0n) is 16.7. The molecule has 3 heterocycles. The number of amides is 2. The standard InChI is InChI=1S/C22H31N3O2S/c1-16(26)23-12-21-18-11-17(20-9-5-6-10-25(20)21)13-24(14-18)22(27)15-28-19-7-3-2-4-8-19/h2-4,7-8,17-18,20-21H,5-6,9-15H2,1H3,(H,23,26)/t17-,18+,20+,21+/m1/s1. The second-order valence-electron chi connectivity index (χ2n) is 8.46. The molecule has 3 aliphatic rings. The van der Waals surface area contributed by atoms with E-state index in [0.29, 0.717) is 36.2 Å². The molecule has 3 saturated heterocycles. The zero-order chi connectivity index (χ0) is 19.5. The molecule has 0 aliphatic carbocycles. The average molecular weight is 402 g/mol. The summed E-state index contributed by atoms with van der Waals surface area (Å²) in [7, 11) is 0. The van der Waals surface area contributed by atoms with Crippen LogP contribution in [0.3, 0.4) is 0 Å². The number of nitrogens with zero attached hydrogens (tertiary/aromatic N) is 2. The number of rotatable bonds is 5. The Morgan fingerprint density at radius 3 is 2.71 bits per heavy atom. The fraction of sp³-hybridized carbons (Fsp3) is 0.636. The Balaban J connectivity index is 1.43. The average Bonchev–Trinajstić information content (AvgIpc) is 2.72. The van der Waals surface area contributed by atoms with E-state index in [1.54, 1.807) is 18.7 Å². The van der Waals surface area contributed by atoms with Crippen LogP contribution in [0.25, 0.3) is 0 Å². The van der Waals surface area contributed by atoms with Gasteiger partial charge in [0.05, 0.1) is 5.75 Å². The normalized spacial score (nSPS) is 29.8. The fourth-order valence-electron chi connectivity index (χ4n) is 5.39. The Labute approximate surface area is 172 Å². The van der Waals surface area contributed by atoms with Gasteiger partial charge in [-0.2, -0.15) is 0 Å². The molecule has 0 spiro atoms. The van der Waals surface area contributed by atoms with Crippen molar-refractivity contribution in [3.8, 4) is 0 Å². The van der Waals surface area contributed by atoms with Crippen LogP contribution in [0.4, 0.5) is 0 Å². The molecule has 28 heavy (non-hydrogen) atoms. The van der Waals surface area contributed by atoms with Crippen LogP contribution < -0.4 is 5.32 Å². The lowest BCUT2D eigenvalue weighted by Gasteiger charge is -2.56. The van der Waals surface area contributed by atoms with Crippen LogP contribution in [0.15, 0.2) is 35.2 Å². The number of hydrogen-bond acceptors (Lipinski definition) is 4. The predicted molar refractivity (Wildman–Crippen MR) is 112 cm³/mol. The molecule has 152 valence electrons. The second-order valence-corrected chi connectivity index (χ2v) is 9.51. The lowest BCUT2D eigenvalue weighted by Crippen LogP contribution is -2.66.